The van der Waals surface area contributed by atoms with Crippen molar-refractivity contribution >= 4 is 5.91 Å². The van der Waals surface area contributed by atoms with E-state index in [0.717, 1.165) is 23.4 Å². The molecule has 0 aliphatic rings. The Hall–Kier alpha value is -2.20. The number of nitrogens with zero attached hydrogens (tertiary/aromatic N) is 1. The SMILES string of the molecule is Cc1cccc([C@@H](C)NC(=O)c2cccc(CCC(C)(C)O)c2)n1. The molecule has 1 atom stereocenters. The van der Waals surface area contributed by atoms with Crippen LogP contribution in [0.15, 0.2) is 42.5 Å². The van der Waals surface area contributed by atoms with Crippen molar-refractivity contribution in [2.75, 3.05) is 0 Å². The van der Waals surface area contributed by atoms with Crippen molar-refractivity contribution < 1.29 is 9.90 Å². The second-order valence-electron chi connectivity index (χ2n) is 6.91. The van der Waals surface area contributed by atoms with E-state index in [4.69, 9.17) is 0 Å². The minimum Gasteiger partial charge on any atom is -0.390 e. The first-order valence-corrected chi connectivity index (χ1v) is 8.30. The highest BCUT2D eigenvalue weighted by molar-refractivity contribution is 5.94. The Morgan fingerprint density at radius 2 is 1.96 bits per heavy atom. The van der Waals surface area contributed by atoms with Crippen LogP contribution in [-0.4, -0.2) is 21.6 Å². The number of hydrogen-bond acceptors (Lipinski definition) is 3. The Morgan fingerprint density at radius 3 is 2.62 bits per heavy atom. The number of hydrogen-bond donors (Lipinski definition) is 2. The van der Waals surface area contributed by atoms with Crippen molar-refractivity contribution in [3.63, 3.8) is 0 Å². The third-order valence-corrected chi connectivity index (χ3v) is 3.92. The van der Waals surface area contributed by atoms with Crippen molar-refractivity contribution in [1.82, 2.24) is 10.3 Å². The van der Waals surface area contributed by atoms with Crippen molar-refractivity contribution in [2.24, 2.45) is 0 Å². The maximum atomic E-state index is 12.5. The molecule has 0 spiro atoms. The molecule has 0 saturated heterocycles. The second kappa shape index (κ2) is 7.58. The molecule has 4 heteroatoms. The van der Waals surface area contributed by atoms with Gasteiger partial charge in [-0.25, -0.2) is 0 Å². The van der Waals surface area contributed by atoms with Crippen LogP contribution in [-0.2, 0) is 6.42 Å². The first kappa shape index (κ1) is 18.1. The smallest absolute Gasteiger partial charge is 0.251 e. The van der Waals surface area contributed by atoms with E-state index in [1.165, 1.54) is 0 Å². The summed E-state index contributed by atoms with van der Waals surface area (Å²) in [6.07, 6.45) is 1.39. The van der Waals surface area contributed by atoms with Gasteiger partial charge in [0.25, 0.3) is 5.91 Å². The normalized spacial score (nSPS) is 12.7. The van der Waals surface area contributed by atoms with Crippen LogP contribution in [0.2, 0.25) is 0 Å². The highest BCUT2D eigenvalue weighted by atomic mass is 16.3. The van der Waals surface area contributed by atoms with Crippen LogP contribution >= 0.6 is 0 Å². The van der Waals surface area contributed by atoms with Crippen LogP contribution in [0.4, 0.5) is 0 Å². The molecule has 0 fully saturated rings. The molecule has 2 N–H and O–H groups in total. The number of carbonyl (C=O) groups excluding carboxylic acids is 1. The van der Waals surface area contributed by atoms with Gasteiger partial charge in [0.1, 0.15) is 0 Å². The minimum atomic E-state index is -0.705. The zero-order chi connectivity index (χ0) is 17.7. The lowest BCUT2D eigenvalue weighted by atomic mass is 9.98. The predicted molar refractivity (Wildman–Crippen MR) is 95.9 cm³/mol. The number of aliphatic hydroxyl groups is 1. The number of aromatic nitrogens is 1. The summed E-state index contributed by atoms with van der Waals surface area (Å²) in [5.41, 5.74) is 2.75. The van der Waals surface area contributed by atoms with E-state index in [2.05, 4.69) is 10.3 Å². The molecule has 1 heterocycles. The lowest BCUT2D eigenvalue weighted by Crippen LogP contribution is -2.27. The van der Waals surface area contributed by atoms with Gasteiger partial charge in [-0.15, -0.1) is 0 Å². The number of benzene rings is 1. The lowest BCUT2D eigenvalue weighted by molar-refractivity contribution is 0.0714. The van der Waals surface area contributed by atoms with E-state index in [-0.39, 0.29) is 11.9 Å². The molecule has 1 aromatic carbocycles. The standard InChI is InChI=1S/C20H26N2O2/c1-14-7-5-10-18(21-14)15(2)22-19(23)17-9-6-8-16(13-17)11-12-20(3,4)24/h5-10,13,15,24H,11-12H2,1-4H3,(H,22,23)/t15-/m1/s1. The van der Waals surface area contributed by atoms with Gasteiger partial charge in [0, 0.05) is 11.3 Å². The van der Waals surface area contributed by atoms with Gasteiger partial charge in [0.05, 0.1) is 17.3 Å². The zero-order valence-corrected chi connectivity index (χ0v) is 14.8. The summed E-state index contributed by atoms with van der Waals surface area (Å²) < 4.78 is 0. The molecule has 2 rings (SSSR count). The first-order chi connectivity index (χ1) is 11.2. The van der Waals surface area contributed by atoms with Gasteiger partial charge in [-0.05, 0) is 70.4 Å². The quantitative estimate of drug-likeness (QED) is 0.853. The van der Waals surface area contributed by atoms with Crippen LogP contribution in [0.1, 0.15) is 60.5 Å². The summed E-state index contributed by atoms with van der Waals surface area (Å²) in [4.78, 5) is 16.9. The average molecular weight is 326 g/mol. The van der Waals surface area contributed by atoms with Crippen LogP contribution in [0.5, 0.6) is 0 Å². The Balaban J connectivity index is 2.04. The second-order valence-corrected chi connectivity index (χ2v) is 6.91. The summed E-state index contributed by atoms with van der Waals surface area (Å²) in [5, 5.41) is 12.8. The molecule has 0 saturated carbocycles. The number of pyridine rings is 1. The zero-order valence-electron chi connectivity index (χ0n) is 14.8. The van der Waals surface area contributed by atoms with Crippen molar-refractivity contribution in [3.05, 3.63) is 65.0 Å². The molecule has 4 nitrogen and oxygen atoms in total. The Morgan fingerprint density at radius 1 is 1.25 bits per heavy atom. The Bertz CT molecular complexity index is 705. The van der Waals surface area contributed by atoms with E-state index in [9.17, 15) is 9.90 Å². The number of rotatable bonds is 6. The van der Waals surface area contributed by atoms with E-state index in [0.29, 0.717) is 12.0 Å². The van der Waals surface area contributed by atoms with E-state index >= 15 is 0 Å². The molecule has 128 valence electrons. The van der Waals surface area contributed by atoms with Gasteiger partial charge < -0.3 is 10.4 Å². The van der Waals surface area contributed by atoms with E-state index in [1.807, 2.05) is 50.2 Å². The predicted octanol–water partition coefficient (Wildman–Crippen LogP) is 3.58. The molecule has 1 aromatic heterocycles. The molecule has 0 aliphatic carbocycles. The molecule has 0 bridgehead atoms. The van der Waals surface area contributed by atoms with Crippen LogP contribution in [0, 0.1) is 6.92 Å². The number of carbonyl (C=O) groups is 1. The van der Waals surface area contributed by atoms with Gasteiger partial charge in [-0.1, -0.05) is 18.2 Å². The largest absolute Gasteiger partial charge is 0.390 e. The maximum absolute atomic E-state index is 12.5. The topological polar surface area (TPSA) is 62.2 Å². The van der Waals surface area contributed by atoms with Gasteiger partial charge in [-0.3, -0.25) is 9.78 Å². The first-order valence-electron chi connectivity index (χ1n) is 8.30. The number of nitrogens with one attached hydrogen (secondary N) is 1. The maximum Gasteiger partial charge on any atom is 0.251 e. The van der Waals surface area contributed by atoms with Crippen molar-refractivity contribution in [1.29, 1.82) is 0 Å². The third kappa shape index (κ3) is 5.46. The van der Waals surface area contributed by atoms with Gasteiger partial charge >= 0.3 is 0 Å². The Labute approximate surface area is 143 Å². The Kier molecular flexibility index (Phi) is 5.73. The van der Waals surface area contributed by atoms with Gasteiger partial charge in [0.15, 0.2) is 0 Å². The molecule has 0 radical (unpaired) electrons. The van der Waals surface area contributed by atoms with Crippen LogP contribution < -0.4 is 5.32 Å². The average Bonchev–Trinajstić information content (AvgIpc) is 2.52. The molecule has 24 heavy (non-hydrogen) atoms. The highest BCUT2D eigenvalue weighted by Crippen LogP contribution is 2.16. The fraction of sp³-hybridized carbons (Fsp3) is 0.400. The lowest BCUT2D eigenvalue weighted by Gasteiger charge is -2.17. The van der Waals surface area contributed by atoms with E-state index < -0.39 is 5.60 Å². The van der Waals surface area contributed by atoms with Crippen LogP contribution in [0.25, 0.3) is 0 Å². The number of amides is 1. The van der Waals surface area contributed by atoms with Gasteiger partial charge in [0.2, 0.25) is 0 Å². The van der Waals surface area contributed by atoms with E-state index in [1.54, 1.807) is 19.9 Å². The monoisotopic (exact) mass is 326 g/mol. The summed E-state index contributed by atoms with van der Waals surface area (Å²) >= 11 is 0. The fourth-order valence-electron chi connectivity index (χ4n) is 2.48. The summed E-state index contributed by atoms with van der Waals surface area (Å²) in [7, 11) is 0. The summed E-state index contributed by atoms with van der Waals surface area (Å²) in [5.74, 6) is -0.115. The minimum absolute atomic E-state index is 0.115. The number of aryl methyl sites for hydroxylation is 2. The van der Waals surface area contributed by atoms with Crippen molar-refractivity contribution in [3.8, 4) is 0 Å². The highest BCUT2D eigenvalue weighted by Gasteiger charge is 2.15. The van der Waals surface area contributed by atoms with Crippen LogP contribution in [0.3, 0.4) is 0 Å². The summed E-state index contributed by atoms with van der Waals surface area (Å²) in [6.45, 7) is 7.45. The molecule has 1 amide bonds. The van der Waals surface area contributed by atoms with Gasteiger partial charge in [-0.2, -0.15) is 0 Å². The van der Waals surface area contributed by atoms with Crippen molar-refractivity contribution in [2.45, 2.75) is 52.2 Å². The molecule has 0 aliphatic heterocycles. The fourth-order valence-corrected chi connectivity index (χ4v) is 2.48. The summed E-state index contributed by atoms with van der Waals surface area (Å²) in [6, 6.07) is 13.2. The molecule has 2 aromatic rings. The molecule has 0 unspecified atom stereocenters. The molecular weight excluding hydrogens is 300 g/mol. The molecular formula is C20H26N2O2. The third-order valence-electron chi connectivity index (χ3n) is 3.92.